The number of amides is 3. The molecule has 1 heterocycles. The van der Waals surface area contributed by atoms with Crippen molar-refractivity contribution < 1.29 is 14.5 Å². The lowest BCUT2D eigenvalue weighted by Crippen LogP contribution is -2.48. The highest BCUT2D eigenvalue weighted by Gasteiger charge is 2.36. The lowest BCUT2D eigenvalue weighted by Gasteiger charge is -2.24. The number of anilines is 1. The maximum Gasteiger partial charge on any atom is 0.322 e. The number of carbonyl (C=O) groups excluding carboxylic acids is 2. The molecular weight excluding hydrogens is 300 g/mol. The fraction of sp³-hybridized carbons (Fsp3) is 0.467. The second-order valence-corrected chi connectivity index (χ2v) is 5.87. The minimum absolute atomic E-state index is 0.0905. The van der Waals surface area contributed by atoms with Gasteiger partial charge in [0, 0.05) is 30.4 Å². The van der Waals surface area contributed by atoms with Crippen LogP contribution in [0.3, 0.4) is 0 Å². The molecule has 0 spiro atoms. The molecule has 1 aliphatic carbocycles. The average Bonchev–Trinajstić information content (AvgIpc) is 3.19. The van der Waals surface area contributed by atoms with Gasteiger partial charge in [0.05, 0.1) is 4.92 Å². The van der Waals surface area contributed by atoms with Crippen LogP contribution in [-0.2, 0) is 4.79 Å². The lowest BCUT2D eigenvalue weighted by molar-refractivity contribution is -0.384. The normalized spacial score (nSPS) is 20.2. The molecule has 3 amide bonds. The molecule has 1 aromatic rings. The summed E-state index contributed by atoms with van der Waals surface area (Å²) in [6.45, 7) is 0.503. The quantitative estimate of drug-likeness (QED) is 0.653. The third-order valence-corrected chi connectivity index (χ3v) is 4.05. The molecule has 0 aromatic heterocycles. The van der Waals surface area contributed by atoms with Gasteiger partial charge in [0.25, 0.3) is 5.69 Å². The van der Waals surface area contributed by atoms with E-state index in [1.807, 2.05) is 0 Å². The Morgan fingerprint density at radius 3 is 2.74 bits per heavy atom. The number of nitro benzene ring substituents is 1. The molecule has 8 heteroatoms. The van der Waals surface area contributed by atoms with E-state index in [0.29, 0.717) is 18.7 Å². The molecule has 1 atom stereocenters. The van der Waals surface area contributed by atoms with Crippen LogP contribution in [0.25, 0.3) is 0 Å². The van der Waals surface area contributed by atoms with E-state index in [0.717, 1.165) is 19.3 Å². The SMILES string of the molecule is O=C(NC1CC1)C1CCCN1C(=O)Nc1cccc([N+](=O)[O-])c1. The van der Waals surface area contributed by atoms with Gasteiger partial charge in [-0.1, -0.05) is 6.07 Å². The van der Waals surface area contributed by atoms with Gasteiger partial charge in [-0.15, -0.1) is 0 Å². The van der Waals surface area contributed by atoms with E-state index in [1.165, 1.54) is 23.1 Å². The minimum atomic E-state index is -0.516. The number of carbonyl (C=O) groups is 2. The van der Waals surface area contributed by atoms with Crippen LogP contribution in [0.15, 0.2) is 24.3 Å². The Hall–Kier alpha value is -2.64. The predicted molar refractivity (Wildman–Crippen MR) is 83.0 cm³/mol. The molecule has 1 saturated carbocycles. The Balaban J connectivity index is 1.65. The van der Waals surface area contributed by atoms with Crippen molar-refractivity contribution in [3.63, 3.8) is 0 Å². The fourth-order valence-corrected chi connectivity index (χ4v) is 2.70. The third kappa shape index (κ3) is 3.58. The van der Waals surface area contributed by atoms with E-state index in [9.17, 15) is 19.7 Å². The van der Waals surface area contributed by atoms with Crippen molar-refractivity contribution in [2.45, 2.75) is 37.8 Å². The highest BCUT2D eigenvalue weighted by atomic mass is 16.6. The number of likely N-dealkylation sites (tertiary alicyclic amines) is 1. The smallest absolute Gasteiger partial charge is 0.322 e. The van der Waals surface area contributed by atoms with Gasteiger partial charge in [-0.2, -0.15) is 0 Å². The molecule has 1 aromatic carbocycles. The maximum absolute atomic E-state index is 12.4. The van der Waals surface area contributed by atoms with Gasteiger partial charge in [0.2, 0.25) is 5.91 Å². The molecule has 1 aliphatic heterocycles. The topological polar surface area (TPSA) is 105 Å². The second-order valence-electron chi connectivity index (χ2n) is 5.87. The molecule has 2 N–H and O–H groups in total. The van der Waals surface area contributed by atoms with Crippen LogP contribution in [-0.4, -0.2) is 40.4 Å². The summed E-state index contributed by atoms with van der Waals surface area (Å²) in [5.74, 6) is -0.112. The van der Waals surface area contributed by atoms with Crippen LogP contribution >= 0.6 is 0 Å². The molecular formula is C15H18N4O4. The summed E-state index contributed by atoms with van der Waals surface area (Å²) < 4.78 is 0. The lowest BCUT2D eigenvalue weighted by atomic mass is 10.2. The fourth-order valence-electron chi connectivity index (χ4n) is 2.70. The molecule has 2 aliphatic rings. The van der Waals surface area contributed by atoms with Gasteiger partial charge in [0.15, 0.2) is 0 Å². The number of rotatable bonds is 4. The standard InChI is InChI=1S/C15H18N4O4/c20-14(16-10-6-7-10)13-5-2-8-18(13)15(21)17-11-3-1-4-12(9-11)19(22)23/h1,3-4,9-10,13H,2,5-8H2,(H,16,20)(H,17,21). The third-order valence-electron chi connectivity index (χ3n) is 4.05. The number of hydrogen-bond acceptors (Lipinski definition) is 4. The van der Waals surface area contributed by atoms with E-state index in [2.05, 4.69) is 10.6 Å². The number of nitrogens with one attached hydrogen (secondary N) is 2. The summed E-state index contributed by atoms with van der Waals surface area (Å²) in [6, 6.07) is 5.14. The van der Waals surface area contributed by atoms with Gasteiger partial charge in [-0.25, -0.2) is 4.79 Å². The first kappa shape index (κ1) is 15.3. The molecule has 23 heavy (non-hydrogen) atoms. The van der Waals surface area contributed by atoms with E-state index >= 15 is 0 Å². The van der Waals surface area contributed by atoms with Crippen molar-refractivity contribution in [1.29, 1.82) is 0 Å². The Bertz CT molecular complexity index is 644. The number of nitrogens with zero attached hydrogens (tertiary/aromatic N) is 2. The van der Waals surface area contributed by atoms with Crippen LogP contribution in [0.5, 0.6) is 0 Å². The molecule has 122 valence electrons. The molecule has 1 unspecified atom stereocenters. The summed E-state index contributed by atoms with van der Waals surface area (Å²) in [6.07, 6.45) is 3.41. The number of nitro groups is 1. The van der Waals surface area contributed by atoms with Crippen LogP contribution in [0.4, 0.5) is 16.2 Å². The van der Waals surface area contributed by atoms with E-state index in [4.69, 9.17) is 0 Å². The van der Waals surface area contributed by atoms with Crippen LogP contribution < -0.4 is 10.6 Å². The van der Waals surface area contributed by atoms with Gasteiger partial charge in [-0.3, -0.25) is 14.9 Å². The van der Waals surface area contributed by atoms with Crippen molar-refractivity contribution in [3.8, 4) is 0 Å². The summed E-state index contributed by atoms with van der Waals surface area (Å²) in [4.78, 5) is 36.3. The van der Waals surface area contributed by atoms with Crippen molar-refractivity contribution in [2.75, 3.05) is 11.9 Å². The van der Waals surface area contributed by atoms with Crippen LogP contribution in [0, 0.1) is 10.1 Å². The van der Waals surface area contributed by atoms with E-state index in [-0.39, 0.29) is 17.6 Å². The zero-order valence-electron chi connectivity index (χ0n) is 12.5. The van der Waals surface area contributed by atoms with Gasteiger partial charge in [0.1, 0.15) is 6.04 Å². The molecule has 0 radical (unpaired) electrons. The first-order chi connectivity index (χ1) is 11.0. The highest BCUT2D eigenvalue weighted by Crippen LogP contribution is 2.24. The maximum atomic E-state index is 12.4. The molecule has 8 nitrogen and oxygen atoms in total. The van der Waals surface area contributed by atoms with Crippen LogP contribution in [0.1, 0.15) is 25.7 Å². The average molecular weight is 318 g/mol. The largest absolute Gasteiger partial charge is 0.352 e. The number of urea groups is 1. The van der Waals surface area contributed by atoms with Gasteiger partial charge in [-0.05, 0) is 31.7 Å². The number of hydrogen-bond donors (Lipinski definition) is 2. The Morgan fingerprint density at radius 2 is 2.04 bits per heavy atom. The van der Waals surface area contributed by atoms with Crippen molar-refractivity contribution in [3.05, 3.63) is 34.4 Å². The van der Waals surface area contributed by atoms with Crippen LogP contribution in [0.2, 0.25) is 0 Å². The first-order valence-electron chi connectivity index (χ1n) is 7.67. The monoisotopic (exact) mass is 318 g/mol. The van der Waals surface area contributed by atoms with Crippen molar-refractivity contribution >= 4 is 23.3 Å². The highest BCUT2D eigenvalue weighted by molar-refractivity contribution is 5.94. The predicted octanol–water partition coefficient (Wildman–Crippen LogP) is 1.87. The number of benzene rings is 1. The Labute approximate surface area is 133 Å². The van der Waals surface area contributed by atoms with Crippen molar-refractivity contribution in [2.24, 2.45) is 0 Å². The van der Waals surface area contributed by atoms with Gasteiger partial charge < -0.3 is 15.5 Å². The summed E-state index contributed by atoms with van der Waals surface area (Å²) >= 11 is 0. The molecule has 3 rings (SSSR count). The summed E-state index contributed by atoms with van der Waals surface area (Å²) in [7, 11) is 0. The zero-order chi connectivity index (χ0) is 16.4. The molecule has 0 bridgehead atoms. The zero-order valence-corrected chi connectivity index (χ0v) is 12.5. The first-order valence-corrected chi connectivity index (χ1v) is 7.67. The Kier molecular flexibility index (Phi) is 4.14. The Morgan fingerprint density at radius 1 is 1.26 bits per heavy atom. The molecule has 2 fully saturated rings. The number of non-ortho nitro benzene ring substituents is 1. The van der Waals surface area contributed by atoms with E-state index < -0.39 is 17.0 Å². The molecule has 1 saturated heterocycles. The summed E-state index contributed by atoms with van der Waals surface area (Å²) in [5.41, 5.74) is 0.254. The van der Waals surface area contributed by atoms with Gasteiger partial charge >= 0.3 is 6.03 Å². The minimum Gasteiger partial charge on any atom is -0.352 e. The van der Waals surface area contributed by atoms with E-state index in [1.54, 1.807) is 6.07 Å². The second kappa shape index (κ2) is 6.23. The van der Waals surface area contributed by atoms with Crippen molar-refractivity contribution in [1.82, 2.24) is 10.2 Å². The summed E-state index contributed by atoms with van der Waals surface area (Å²) in [5, 5.41) is 16.3.